The number of benzene rings is 1. The maximum absolute atomic E-state index is 5.77. The van der Waals surface area contributed by atoms with E-state index in [4.69, 9.17) is 4.42 Å². The summed E-state index contributed by atoms with van der Waals surface area (Å²) in [5.74, 6) is 1.10. The number of oxazole rings is 1. The fourth-order valence-corrected chi connectivity index (χ4v) is 3.05. The number of fused-ring (bicyclic) bond motifs is 1. The van der Waals surface area contributed by atoms with Crippen LogP contribution in [0.4, 0.5) is 0 Å². The van der Waals surface area contributed by atoms with Gasteiger partial charge in [0.1, 0.15) is 5.52 Å². The molecule has 0 radical (unpaired) electrons. The number of pyridine rings is 2. The maximum Gasteiger partial charge on any atom is 0.198 e. The molecule has 4 aromatic rings. The van der Waals surface area contributed by atoms with Gasteiger partial charge >= 0.3 is 0 Å². The standard InChI is InChI=1S/C23H24N4O/c1-16(2)23-27-21-13-17(7-9-22(21)28-23)10-12-24-14-18-6-8-20(26-15-18)19-5-3-4-11-25-19/h3-9,11,13,15-16,24H,10,12,14H2,1-2H3. The molecule has 1 aromatic carbocycles. The zero-order valence-electron chi connectivity index (χ0n) is 16.2. The Balaban J connectivity index is 1.30. The molecule has 5 heteroatoms. The summed E-state index contributed by atoms with van der Waals surface area (Å²) >= 11 is 0. The molecule has 28 heavy (non-hydrogen) atoms. The van der Waals surface area contributed by atoms with Gasteiger partial charge in [-0.2, -0.15) is 0 Å². The van der Waals surface area contributed by atoms with Gasteiger partial charge in [0, 0.05) is 24.9 Å². The van der Waals surface area contributed by atoms with E-state index < -0.39 is 0 Å². The number of hydrogen-bond donors (Lipinski definition) is 1. The second-order valence-electron chi connectivity index (χ2n) is 7.20. The lowest BCUT2D eigenvalue weighted by Gasteiger charge is -2.06. The third-order valence-corrected chi connectivity index (χ3v) is 4.63. The minimum absolute atomic E-state index is 0.301. The fourth-order valence-electron chi connectivity index (χ4n) is 3.05. The van der Waals surface area contributed by atoms with E-state index in [0.29, 0.717) is 5.92 Å². The number of aromatic nitrogens is 3. The Morgan fingerprint density at radius 1 is 0.964 bits per heavy atom. The van der Waals surface area contributed by atoms with E-state index in [1.807, 2.05) is 36.5 Å². The van der Waals surface area contributed by atoms with Crippen LogP contribution >= 0.6 is 0 Å². The van der Waals surface area contributed by atoms with Crippen molar-refractivity contribution < 1.29 is 4.42 Å². The second kappa shape index (κ2) is 8.31. The van der Waals surface area contributed by atoms with Gasteiger partial charge in [0.25, 0.3) is 0 Å². The second-order valence-corrected chi connectivity index (χ2v) is 7.20. The van der Waals surface area contributed by atoms with Crippen LogP contribution < -0.4 is 5.32 Å². The van der Waals surface area contributed by atoms with Gasteiger partial charge in [0.05, 0.1) is 11.4 Å². The summed E-state index contributed by atoms with van der Waals surface area (Å²) in [6, 6.07) is 16.2. The summed E-state index contributed by atoms with van der Waals surface area (Å²) in [5, 5.41) is 3.48. The molecule has 142 valence electrons. The first-order chi connectivity index (χ1) is 13.7. The lowest BCUT2D eigenvalue weighted by Crippen LogP contribution is -2.16. The van der Waals surface area contributed by atoms with Crippen LogP contribution in [0.3, 0.4) is 0 Å². The van der Waals surface area contributed by atoms with Crippen molar-refractivity contribution in [3.05, 3.63) is 77.9 Å². The first-order valence-corrected chi connectivity index (χ1v) is 9.65. The Labute approximate surface area is 164 Å². The Morgan fingerprint density at radius 2 is 1.82 bits per heavy atom. The van der Waals surface area contributed by atoms with Crippen molar-refractivity contribution in [2.75, 3.05) is 6.54 Å². The first-order valence-electron chi connectivity index (χ1n) is 9.65. The molecule has 0 saturated carbocycles. The SMILES string of the molecule is CC(C)c1nc2cc(CCNCc3ccc(-c4ccccn4)nc3)ccc2o1. The largest absolute Gasteiger partial charge is 0.440 e. The Morgan fingerprint density at radius 3 is 2.57 bits per heavy atom. The molecule has 0 bridgehead atoms. The summed E-state index contributed by atoms with van der Waals surface area (Å²) in [7, 11) is 0. The third-order valence-electron chi connectivity index (χ3n) is 4.63. The first kappa shape index (κ1) is 18.3. The van der Waals surface area contributed by atoms with Crippen molar-refractivity contribution in [3.63, 3.8) is 0 Å². The van der Waals surface area contributed by atoms with Crippen LogP contribution in [-0.2, 0) is 13.0 Å². The van der Waals surface area contributed by atoms with Crippen molar-refractivity contribution in [2.24, 2.45) is 0 Å². The van der Waals surface area contributed by atoms with Gasteiger partial charge in [-0.1, -0.05) is 32.0 Å². The van der Waals surface area contributed by atoms with Gasteiger partial charge in [-0.05, 0) is 54.4 Å². The Kier molecular flexibility index (Phi) is 5.44. The van der Waals surface area contributed by atoms with E-state index in [2.05, 4.69) is 52.3 Å². The number of nitrogens with zero attached hydrogens (tertiary/aromatic N) is 3. The van der Waals surface area contributed by atoms with E-state index in [9.17, 15) is 0 Å². The van der Waals surface area contributed by atoms with E-state index in [1.165, 1.54) is 5.56 Å². The van der Waals surface area contributed by atoms with Crippen molar-refractivity contribution >= 4 is 11.1 Å². The molecule has 4 rings (SSSR count). The molecule has 0 atom stereocenters. The number of hydrogen-bond acceptors (Lipinski definition) is 5. The monoisotopic (exact) mass is 372 g/mol. The van der Waals surface area contributed by atoms with Crippen molar-refractivity contribution in [3.8, 4) is 11.4 Å². The van der Waals surface area contributed by atoms with E-state index in [1.54, 1.807) is 6.20 Å². The number of nitrogens with one attached hydrogen (secondary N) is 1. The molecule has 5 nitrogen and oxygen atoms in total. The molecule has 0 saturated heterocycles. The summed E-state index contributed by atoms with van der Waals surface area (Å²) in [4.78, 5) is 13.4. The van der Waals surface area contributed by atoms with Crippen LogP contribution in [0.25, 0.3) is 22.5 Å². The molecule has 0 aliphatic rings. The normalized spacial score (nSPS) is 11.4. The van der Waals surface area contributed by atoms with E-state index >= 15 is 0 Å². The molecule has 0 fully saturated rings. The van der Waals surface area contributed by atoms with Gasteiger partial charge in [0.15, 0.2) is 11.5 Å². The molecule has 3 heterocycles. The molecule has 0 spiro atoms. The zero-order valence-corrected chi connectivity index (χ0v) is 16.2. The Hall–Kier alpha value is -3.05. The molecule has 0 unspecified atom stereocenters. The highest BCUT2D eigenvalue weighted by Gasteiger charge is 2.09. The van der Waals surface area contributed by atoms with Gasteiger partial charge < -0.3 is 9.73 Å². The molecule has 0 amide bonds. The highest BCUT2D eigenvalue weighted by Crippen LogP contribution is 2.22. The van der Waals surface area contributed by atoms with Crippen LogP contribution in [0, 0.1) is 0 Å². The van der Waals surface area contributed by atoms with Gasteiger partial charge in [0.2, 0.25) is 0 Å². The van der Waals surface area contributed by atoms with Crippen LogP contribution in [0.2, 0.25) is 0 Å². The topological polar surface area (TPSA) is 63.8 Å². The van der Waals surface area contributed by atoms with Gasteiger partial charge in [-0.15, -0.1) is 0 Å². The molecule has 3 aromatic heterocycles. The van der Waals surface area contributed by atoms with Crippen molar-refractivity contribution in [1.29, 1.82) is 0 Å². The highest BCUT2D eigenvalue weighted by molar-refractivity contribution is 5.73. The summed E-state index contributed by atoms with van der Waals surface area (Å²) in [6.45, 7) is 5.86. The smallest absolute Gasteiger partial charge is 0.198 e. The lowest BCUT2D eigenvalue weighted by atomic mass is 10.1. The molecular weight excluding hydrogens is 348 g/mol. The van der Waals surface area contributed by atoms with Crippen LogP contribution in [0.15, 0.2) is 65.3 Å². The fraction of sp³-hybridized carbons (Fsp3) is 0.261. The van der Waals surface area contributed by atoms with Crippen molar-refractivity contribution in [1.82, 2.24) is 20.3 Å². The zero-order chi connectivity index (χ0) is 19.3. The number of rotatable bonds is 7. The van der Waals surface area contributed by atoms with E-state index in [-0.39, 0.29) is 0 Å². The minimum atomic E-state index is 0.301. The highest BCUT2D eigenvalue weighted by atomic mass is 16.3. The van der Waals surface area contributed by atoms with Crippen LogP contribution in [0.5, 0.6) is 0 Å². The average molecular weight is 372 g/mol. The third kappa shape index (κ3) is 4.26. The quantitative estimate of drug-likeness (QED) is 0.475. The van der Waals surface area contributed by atoms with Gasteiger partial charge in [-0.3, -0.25) is 9.97 Å². The molecule has 0 aliphatic carbocycles. The summed E-state index contributed by atoms with van der Waals surface area (Å²) in [5.41, 5.74) is 6.01. The van der Waals surface area contributed by atoms with Gasteiger partial charge in [-0.25, -0.2) is 4.98 Å². The molecule has 0 aliphatic heterocycles. The summed E-state index contributed by atoms with van der Waals surface area (Å²) in [6.07, 6.45) is 4.64. The van der Waals surface area contributed by atoms with Crippen LogP contribution in [-0.4, -0.2) is 21.5 Å². The predicted molar refractivity (Wildman–Crippen MR) is 111 cm³/mol. The van der Waals surface area contributed by atoms with Crippen LogP contribution in [0.1, 0.15) is 36.8 Å². The molecule has 1 N–H and O–H groups in total. The molecular formula is C23H24N4O. The maximum atomic E-state index is 5.77. The van der Waals surface area contributed by atoms with E-state index in [0.717, 1.165) is 53.5 Å². The van der Waals surface area contributed by atoms with Crippen molar-refractivity contribution in [2.45, 2.75) is 32.7 Å². The Bertz CT molecular complexity index is 1040. The predicted octanol–water partition coefficient (Wildman–Crippen LogP) is 4.74. The lowest BCUT2D eigenvalue weighted by molar-refractivity contribution is 0.501. The average Bonchev–Trinajstić information content (AvgIpc) is 3.16. The minimum Gasteiger partial charge on any atom is -0.440 e. The summed E-state index contributed by atoms with van der Waals surface area (Å²) < 4.78 is 5.77.